The fourth-order valence-electron chi connectivity index (χ4n) is 1.61. The van der Waals surface area contributed by atoms with Crippen LogP contribution in [0.25, 0.3) is 0 Å². The van der Waals surface area contributed by atoms with Crippen molar-refractivity contribution in [3.63, 3.8) is 0 Å². The Kier molecular flexibility index (Phi) is 4.84. The lowest BCUT2D eigenvalue weighted by atomic mass is 9.84. The molecule has 1 atom stereocenters. The number of halogens is 1. The lowest BCUT2D eigenvalue weighted by molar-refractivity contribution is 0.306. The van der Waals surface area contributed by atoms with E-state index in [1.807, 2.05) is 18.2 Å². The topological polar surface area (TPSA) is 35.2 Å². The summed E-state index contributed by atoms with van der Waals surface area (Å²) in [6, 6.07) is 6.08. The summed E-state index contributed by atoms with van der Waals surface area (Å²) in [5.74, 6) is 0.730. The van der Waals surface area contributed by atoms with Crippen molar-refractivity contribution >= 4 is 11.6 Å². The van der Waals surface area contributed by atoms with E-state index in [4.69, 9.17) is 22.1 Å². The van der Waals surface area contributed by atoms with E-state index in [1.165, 1.54) is 5.56 Å². The zero-order valence-electron chi connectivity index (χ0n) is 11.1. The number of aryl methyl sites for hydroxylation is 1. The van der Waals surface area contributed by atoms with Gasteiger partial charge in [-0.25, -0.2) is 0 Å². The summed E-state index contributed by atoms with van der Waals surface area (Å²) in [6.07, 6.45) is 1.92. The zero-order valence-corrected chi connectivity index (χ0v) is 11.8. The van der Waals surface area contributed by atoms with Crippen LogP contribution in [0.15, 0.2) is 18.2 Å². The van der Waals surface area contributed by atoms with Crippen LogP contribution in [0.1, 0.15) is 32.8 Å². The third kappa shape index (κ3) is 4.21. The van der Waals surface area contributed by atoms with E-state index in [-0.39, 0.29) is 11.5 Å². The van der Waals surface area contributed by atoms with Gasteiger partial charge in [-0.05, 0) is 36.0 Å². The minimum Gasteiger partial charge on any atom is -0.495 e. The number of ether oxygens (including phenoxy) is 1. The number of hydrogen-bond donors (Lipinski definition) is 1. The average molecular weight is 256 g/mol. The van der Waals surface area contributed by atoms with Crippen molar-refractivity contribution in [1.29, 1.82) is 0 Å². The smallest absolute Gasteiger partial charge is 0.137 e. The highest BCUT2D eigenvalue weighted by atomic mass is 35.5. The van der Waals surface area contributed by atoms with Crippen molar-refractivity contribution in [3.05, 3.63) is 28.8 Å². The van der Waals surface area contributed by atoms with Gasteiger partial charge in [-0.1, -0.05) is 38.4 Å². The van der Waals surface area contributed by atoms with Crippen molar-refractivity contribution in [2.24, 2.45) is 11.1 Å². The molecule has 1 rings (SSSR count). The summed E-state index contributed by atoms with van der Waals surface area (Å²) in [4.78, 5) is 0. The fraction of sp³-hybridized carbons (Fsp3) is 0.571. The maximum absolute atomic E-state index is 6.14. The Labute approximate surface area is 109 Å². The SMILES string of the molecule is COc1cc(CCC(N)C(C)(C)C)ccc1Cl. The second-order valence-corrected chi connectivity index (χ2v) is 5.89. The highest BCUT2D eigenvalue weighted by Crippen LogP contribution is 2.27. The molecule has 17 heavy (non-hydrogen) atoms. The Hall–Kier alpha value is -0.730. The number of benzene rings is 1. The maximum Gasteiger partial charge on any atom is 0.137 e. The van der Waals surface area contributed by atoms with E-state index in [9.17, 15) is 0 Å². The lowest BCUT2D eigenvalue weighted by Gasteiger charge is -2.27. The van der Waals surface area contributed by atoms with Gasteiger partial charge in [0.15, 0.2) is 0 Å². The molecule has 0 aliphatic heterocycles. The standard InChI is InChI=1S/C14H22ClNO/c1-14(2,3)13(16)8-6-10-5-7-11(15)12(9-10)17-4/h5,7,9,13H,6,8,16H2,1-4H3. The number of methoxy groups -OCH3 is 1. The van der Waals surface area contributed by atoms with Gasteiger partial charge in [-0.2, -0.15) is 0 Å². The third-order valence-electron chi connectivity index (χ3n) is 3.07. The molecule has 96 valence electrons. The van der Waals surface area contributed by atoms with Crippen molar-refractivity contribution in [1.82, 2.24) is 0 Å². The Bertz CT molecular complexity index is 371. The Balaban J connectivity index is 2.64. The molecule has 0 fully saturated rings. The predicted octanol–water partition coefficient (Wildman–Crippen LogP) is 3.65. The van der Waals surface area contributed by atoms with E-state index in [0.717, 1.165) is 18.6 Å². The molecule has 2 N–H and O–H groups in total. The average Bonchev–Trinajstić information content (AvgIpc) is 2.26. The van der Waals surface area contributed by atoms with Crippen molar-refractivity contribution < 1.29 is 4.74 Å². The first kappa shape index (κ1) is 14.3. The lowest BCUT2D eigenvalue weighted by Crippen LogP contribution is -2.35. The van der Waals surface area contributed by atoms with Crippen molar-refractivity contribution in [2.75, 3.05) is 7.11 Å². The van der Waals surface area contributed by atoms with Crippen LogP contribution in [0.5, 0.6) is 5.75 Å². The molecule has 1 aromatic carbocycles. The van der Waals surface area contributed by atoms with Gasteiger partial charge in [-0.15, -0.1) is 0 Å². The first-order valence-corrected chi connectivity index (χ1v) is 6.30. The fourth-order valence-corrected chi connectivity index (χ4v) is 1.81. The second kappa shape index (κ2) is 5.74. The molecule has 0 saturated carbocycles. The van der Waals surface area contributed by atoms with Crippen LogP contribution < -0.4 is 10.5 Å². The summed E-state index contributed by atoms with van der Waals surface area (Å²) < 4.78 is 5.20. The Morgan fingerprint density at radius 2 is 2.00 bits per heavy atom. The van der Waals surface area contributed by atoms with Crippen LogP contribution in [0.4, 0.5) is 0 Å². The molecule has 0 radical (unpaired) electrons. The molecule has 0 amide bonds. The summed E-state index contributed by atoms with van der Waals surface area (Å²) in [7, 11) is 1.63. The van der Waals surface area contributed by atoms with Gasteiger partial charge in [0.2, 0.25) is 0 Å². The van der Waals surface area contributed by atoms with Crippen LogP contribution in [-0.4, -0.2) is 13.2 Å². The highest BCUT2D eigenvalue weighted by molar-refractivity contribution is 6.32. The van der Waals surface area contributed by atoms with Crippen LogP contribution in [-0.2, 0) is 6.42 Å². The molecule has 1 unspecified atom stereocenters. The van der Waals surface area contributed by atoms with Crippen LogP contribution in [0, 0.1) is 5.41 Å². The molecule has 0 aromatic heterocycles. The first-order chi connectivity index (χ1) is 7.84. The van der Waals surface area contributed by atoms with E-state index in [2.05, 4.69) is 20.8 Å². The molecule has 2 nitrogen and oxygen atoms in total. The highest BCUT2D eigenvalue weighted by Gasteiger charge is 2.20. The van der Waals surface area contributed by atoms with Gasteiger partial charge in [0.1, 0.15) is 5.75 Å². The van der Waals surface area contributed by atoms with Gasteiger partial charge < -0.3 is 10.5 Å². The number of nitrogens with two attached hydrogens (primary N) is 1. The quantitative estimate of drug-likeness (QED) is 0.891. The maximum atomic E-state index is 6.14. The summed E-state index contributed by atoms with van der Waals surface area (Å²) in [6.45, 7) is 6.50. The van der Waals surface area contributed by atoms with Gasteiger partial charge in [0.25, 0.3) is 0 Å². The van der Waals surface area contributed by atoms with E-state index >= 15 is 0 Å². The molecule has 0 spiro atoms. The monoisotopic (exact) mass is 255 g/mol. The molecule has 3 heteroatoms. The number of hydrogen-bond acceptors (Lipinski definition) is 2. The van der Waals surface area contributed by atoms with Gasteiger partial charge in [0, 0.05) is 6.04 Å². The molecule has 0 aliphatic rings. The van der Waals surface area contributed by atoms with Crippen molar-refractivity contribution in [3.8, 4) is 5.75 Å². The summed E-state index contributed by atoms with van der Waals surface area (Å²) in [5.41, 5.74) is 7.50. The molecule has 0 saturated heterocycles. The van der Waals surface area contributed by atoms with Gasteiger partial charge in [-0.3, -0.25) is 0 Å². The summed E-state index contributed by atoms with van der Waals surface area (Å²) in [5, 5.41) is 0.649. The minimum absolute atomic E-state index is 0.149. The minimum atomic E-state index is 0.149. The number of rotatable bonds is 4. The van der Waals surface area contributed by atoms with E-state index in [0.29, 0.717) is 5.02 Å². The van der Waals surface area contributed by atoms with Crippen molar-refractivity contribution in [2.45, 2.75) is 39.7 Å². The molecular formula is C14H22ClNO. The Morgan fingerprint density at radius 1 is 1.35 bits per heavy atom. The normalized spacial score (nSPS) is 13.5. The largest absolute Gasteiger partial charge is 0.495 e. The van der Waals surface area contributed by atoms with E-state index < -0.39 is 0 Å². The molecular weight excluding hydrogens is 234 g/mol. The Morgan fingerprint density at radius 3 is 2.53 bits per heavy atom. The molecule has 0 bridgehead atoms. The molecule has 0 aliphatic carbocycles. The predicted molar refractivity (Wildman–Crippen MR) is 73.8 cm³/mol. The van der Waals surface area contributed by atoms with Crippen LogP contribution >= 0.6 is 11.6 Å². The van der Waals surface area contributed by atoms with Crippen LogP contribution in [0.2, 0.25) is 5.02 Å². The zero-order chi connectivity index (χ0) is 13.1. The van der Waals surface area contributed by atoms with Gasteiger partial charge in [0.05, 0.1) is 12.1 Å². The van der Waals surface area contributed by atoms with Crippen LogP contribution in [0.3, 0.4) is 0 Å². The van der Waals surface area contributed by atoms with E-state index in [1.54, 1.807) is 7.11 Å². The summed E-state index contributed by atoms with van der Waals surface area (Å²) >= 11 is 5.98. The third-order valence-corrected chi connectivity index (χ3v) is 3.38. The molecule has 1 aromatic rings. The molecule has 0 heterocycles. The second-order valence-electron chi connectivity index (χ2n) is 5.48. The first-order valence-electron chi connectivity index (χ1n) is 5.92. The van der Waals surface area contributed by atoms with Gasteiger partial charge >= 0.3 is 0 Å².